The minimum absolute atomic E-state index is 0.0390. The van der Waals surface area contributed by atoms with Crippen molar-refractivity contribution >= 4 is 35.0 Å². The lowest BCUT2D eigenvalue weighted by atomic mass is 10.1. The van der Waals surface area contributed by atoms with Crippen LogP contribution in [-0.4, -0.2) is 40.7 Å². The lowest BCUT2D eigenvalue weighted by Crippen LogP contribution is -2.37. The summed E-state index contributed by atoms with van der Waals surface area (Å²) in [5.74, 6) is -2.63. The van der Waals surface area contributed by atoms with Crippen LogP contribution in [0.5, 0.6) is 0 Å². The molecule has 0 saturated heterocycles. The number of aliphatic carboxylic acids is 1. The number of benzene rings is 1. The maximum Gasteiger partial charge on any atom is 0.328 e. The number of rotatable bonds is 7. The van der Waals surface area contributed by atoms with E-state index in [4.69, 9.17) is 11.6 Å². The molecule has 1 heterocycles. The molecule has 2 aromatic rings. The number of halogens is 1. The van der Waals surface area contributed by atoms with Gasteiger partial charge in [0.15, 0.2) is 5.69 Å². The third-order valence-corrected chi connectivity index (χ3v) is 3.59. The second-order valence-corrected chi connectivity index (χ2v) is 5.63. The lowest BCUT2D eigenvalue weighted by molar-refractivity contribution is -0.306. The molecule has 8 nitrogen and oxygen atoms in total. The lowest BCUT2D eigenvalue weighted by Gasteiger charge is -2.17. The van der Waals surface area contributed by atoms with Crippen LogP contribution in [0, 0.1) is 0 Å². The summed E-state index contributed by atoms with van der Waals surface area (Å²) in [7, 11) is 2.73. The molecule has 1 aromatic heterocycles. The zero-order valence-electron chi connectivity index (χ0n) is 13.5. The number of nitrogens with one attached hydrogen (secondary N) is 1. The van der Waals surface area contributed by atoms with Gasteiger partial charge in [-0.2, -0.15) is 5.10 Å². The number of methoxy groups -OCH3 is 1. The van der Waals surface area contributed by atoms with Crippen molar-refractivity contribution < 1.29 is 24.2 Å². The van der Waals surface area contributed by atoms with Crippen molar-refractivity contribution in [3.05, 3.63) is 46.7 Å². The largest absolute Gasteiger partial charge is 0.550 e. The predicted molar refractivity (Wildman–Crippen MR) is 87.1 cm³/mol. The molecule has 0 bridgehead atoms. The number of carboxylic acids is 1. The van der Waals surface area contributed by atoms with Crippen LogP contribution in [0.2, 0.25) is 5.02 Å². The number of carbonyl (C=O) groups is 3. The number of hydrogen-bond acceptors (Lipinski definition) is 7. The topological polar surface area (TPSA) is 113 Å². The molecule has 0 aliphatic heterocycles. The van der Waals surface area contributed by atoms with Gasteiger partial charge >= 0.3 is 5.97 Å². The summed E-state index contributed by atoms with van der Waals surface area (Å²) in [6.45, 7) is 0. The molecule has 0 amide bonds. The van der Waals surface area contributed by atoms with Crippen LogP contribution in [0.15, 0.2) is 30.5 Å². The van der Waals surface area contributed by atoms with Gasteiger partial charge in [-0.3, -0.25) is 9.48 Å². The number of carbonyl (C=O) groups excluding carboxylic acids is 3. The van der Waals surface area contributed by atoms with Gasteiger partial charge in [-0.15, -0.1) is 0 Å². The van der Waals surface area contributed by atoms with E-state index in [-0.39, 0.29) is 11.4 Å². The minimum Gasteiger partial charge on any atom is -0.550 e. The fourth-order valence-electron chi connectivity index (χ4n) is 2.19. The summed E-state index contributed by atoms with van der Waals surface area (Å²) in [4.78, 5) is 35.2. The Morgan fingerprint density at radius 2 is 1.96 bits per heavy atom. The molecule has 1 N–H and O–H groups in total. The Kier molecular flexibility index (Phi) is 5.76. The zero-order chi connectivity index (χ0) is 18.6. The summed E-state index contributed by atoms with van der Waals surface area (Å²) in [6.07, 6.45) is 0.852. The Balaban J connectivity index is 2.33. The van der Waals surface area contributed by atoms with Crippen molar-refractivity contribution in [2.75, 3.05) is 12.4 Å². The average molecular weight is 365 g/mol. The van der Waals surface area contributed by atoms with Crippen LogP contribution in [0.1, 0.15) is 22.5 Å². The van der Waals surface area contributed by atoms with Gasteiger partial charge in [-0.25, -0.2) is 4.79 Å². The first-order valence-electron chi connectivity index (χ1n) is 7.20. The fraction of sp³-hybridized carbons (Fsp3) is 0.250. The highest BCUT2D eigenvalue weighted by Crippen LogP contribution is 2.20. The van der Waals surface area contributed by atoms with E-state index in [1.807, 2.05) is 0 Å². The number of ether oxygens (including phenoxy) is 1. The molecule has 0 radical (unpaired) electrons. The standard InChI is InChI=1S/C16H16ClN3O5/c1-20-8-12(18-11(7-13(21)22)16(24)25-2)14(19-20)15(23)9-3-5-10(17)6-4-9/h3-6,8,11,18H,7H2,1-2H3,(H,21,22)/p-1/t11-/m0/s1. The van der Waals surface area contributed by atoms with Gasteiger partial charge in [0.2, 0.25) is 5.78 Å². The van der Waals surface area contributed by atoms with Gasteiger partial charge in [0, 0.05) is 36.2 Å². The molecule has 0 aliphatic carbocycles. The van der Waals surface area contributed by atoms with E-state index in [2.05, 4.69) is 15.2 Å². The quantitative estimate of drug-likeness (QED) is 0.558. The van der Waals surface area contributed by atoms with E-state index in [9.17, 15) is 19.5 Å². The molecule has 1 aromatic carbocycles. The Labute approximate surface area is 148 Å². The van der Waals surface area contributed by atoms with Crippen LogP contribution < -0.4 is 10.4 Å². The maximum absolute atomic E-state index is 12.6. The van der Waals surface area contributed by atoms with Crippen LogP contribution in [0.25, 0.3) is 0 Å². The van der Waals surface area contributed by atoms with E-state index in [1.165, 1.54) is 10.9 Å². The SMILES string of the molecule is COC(=O)[C@H](CC(=O)[O-])Nc1cn(C)nc1C(=O)c1ccc(Cl)cc1. The first-order chi connectivity index (χ1) is 11.8. The van der Waals surface area contributed by atoms with Gasteiger partial charge in [0.05, 0.1) is 12.8 Å². The Hall–Kier alpha value is -2.87. The summed E-state index contributed by atoms with van der Waals surface area (Å²) in [5, 5.41) is 18.1. The van der Waals surface area contributed by atoms with Crippen LogP contribution in [0.3, 0.4) is 0 Å². The second kappa shape index (κ2) is 7.80. The highest BCUT2D eigenvalue weighted by Gasteiger charge is 2.24. The van der Waals surface area contributed by atoms with E-state index < -0.39 is 30.2 Å². The molecule has 0 unspecified atom stereocenters. The van der Waals surface area contributed by atoms with Gasteiger partial charge in [-0.05, 0) is 24.3 Å². The molecule has 1 atom stereocenters. The maximum atomic E-state index is 12.6. The molecule has 0 aliphatic rings. The van der Waals surface area contributed by atoms with Gasteiger partial charge < -0.3 is 20.0 Å². The summed E-state index contributed by atoms with van der Waals surface area (Å²) in [5.41, 5.74) is 0.594. The zero-order valence-corrected chi connectivity index (χ0v) is 14.2. The first kappa shape index (κ1) is 18.5. The molecular weight excluding hydrogens is 350 g/mol. The summed E-state index contributed by atoms with van der Waals surface area (Å²) >= 11 is 5.81. The van der Waals surface area contributed by atoms with Crippen LogP contribution >= 0.6 is 11.6 Å². The number of esters is 1. The number of ketones is 1. The second-order valence-electron chi connectivity index (χ2n) is 5.20. The first-order valence-corrected chi connectivity index (χ1v) is 7.57. The molecule has 0 spiro atoms. The molecule has 2 rings (SSSR count). The predicted octanol–water partition coefficient (Wildman–Crippen LogP) is 0.398. The van der Waals surface area contributed by atoms with E-state index in [0.717, 1.165) is 7.11 Å². The highest BCUT2D eigenvalue weighted by molar-refractivity contribution is 6.30. The Bertz CT molecular complexity index is 801. The Morgan fingerprint density at radius 1 is 1.32 bits per heavy atom. The van der Waals surface area contributed by atoms with Gasteiger partial charge in [0.25, 0.3) is 0 Å². The number of hydrogen-bond donors (Lipinski definition) is 1. The van der Waals surface area contributed by atoms with E-state index >= 15 is 0 Å². The number of aromatic nitrogens is 2. The van der Waals surface area contributed by atoms with Crippen molar-refractivity contribution in [2.45, 2.75) is 12.5 Å². The number of carboxylic acid groups (broad SMARTS) is 1. The fourth-order valence-corrected chi connectivity index (χ4v) is 2.32. The molecule has 0 saturated carbocycles. The number of anilines is 1. The molecule has 132 valence electrons. The van der Waals surface area contributed by atoms with Crippen molar-refractivity contribution in [3.63, 3.8) is 0 Å². The molecule has 0 fully saturated rings. The van der Waals surface area contributed by atoms with E-state index in [1.54, 1.807) is 31.3 Å². The number of nitrogens with zero attached hydrogens (tertiary/aromatic N) is 2. The summed E-state index contributed by atoms with van der Waals surface area (Å²) in [6, 6.07) is 5.01. The van der Waals surface area contributed by atoms with Crippen molar-refractivity contribution in [2.24, 2.45) is 7.05 Å². The summed E-state index contributed by atoms with van der Waals surface area (Å²) < 4.78 is 5.94. The smallest absolute Gasteiger partial charge is 0.328 e. The van der Waals surface area contributed by atoms with E-state index in [0.29, 0.717) is 10.6 Å². The van der Waals surface area contributed by atoms with Crippen LogP contribution in [-0.2, 0) is 21.4 Å². The van der Waals surface area contributed by atoms with Crippen molar-refractivity contribution in [3.8, 4) is 0 Å². The average Bonchev–Trinajstić information content (AvgIpc) is 2.93. The highest BCUT2D eigenvalue weighted by atomic mass is 35.5. The Morgan fingerprint density at radius 3 is 2.52 bits per heavy atom. The van der Waals surface area contributed by atoms with Crippen molar-refractivity contribution in [1.82, 2.24) is 9.78 Å². The van der Waals surface area contributed by atoms with Crippen LogP contribution in [0.4, 0.5) is 5.69 Å². The molecular formula is C16H15ClN3O5-. The molecule has 25 heavy (non-hydrogen) atoms. The van der Waals surface area contributed by atoms with Gasteiger partial charge in [0.1, 0.15) is 6.04 Å². The third-order valence-electron chi connectivity index (χ3n) is 3.34. The normalized spacial score (nSPS) is 11.6. The monoisotopic (exact) mass is 364 g/mol. The number of aryl methyl sites for hydroxylation is 1. The molecule has 9 heteroatoms. The minimum atomic E-state index is -1.43. The van der Waals surface area contributed by atoms with Gasteiger partial charge in [-0.1, -0.05) is 11.6 Å². The third kappa shape index (κ3) is 4.57. The van der Waals surface area contributed by atoms with Crippen molar-refractivity contribution in [1.29, 1.82) is 0 Å².